The van der Waals surface area contributed by atoms with Crippen molar-refractivity contribution in [2.24, 2.45) is 0 Å². The molecule has 0 atom stereocenters. The topological polar surface area (TPSA) is 57.2 Å². The van der Waals surface area contributed by atoms with Crippen LogP contribution in [0.1, 0.15) is 11.1 Å². The van der Waals surface area contributed by atoms with Crippen molar-refractivity contribution in [3.63, 3.8) is 0 Å². The van der Waals surface area contributed by atoms with Crippen LogP contribution < -0.4 is 51.4 Å². The molecule has 0 unspecified atom stereocenters. The zero-order valence-electron chi connectivity index (χ0n) is 10.0. The van der Waals surface area contributed by atoms with Crippen LogP contribution >= 0.6 is 0 Å². The Labute approximate surface area is 143 Å². The molecular weight excluding hydrogens is 263 g/mol. The van der Waals surface area contributed by atoms with Crippen LogP contribution in [-0.4, -0.2) is 13.0 Å². The molecule has 0 aliphatic rings. The molecule has 0 bridgehead atoms. The third-order valence-corrected chi connectivity index (χ3v) is 3.69. The van der Waals surface area contributed by atoms with E-state index in [1.165, 1.54) is 6.07 Å². The second kappa shape index (κ2) is 5.48. The Hall–Kier alpha value is 0.246. The Morgan fingerprint density at radius 1 is 1.06 bits per heavy atom. The van der Waals surface area contributed by atoms with Gasteiger partial charge in [0.05, 0.1) is 4.90 Å². The summed E-state index contributed by atoms with van der Waals surface area (Å²) in [5.41, 5.74) is 1.82. The normalized spacial score (nSPS) is 11.2. The average Bonchev–Trinajstić information content (AvgIpc) is 2.21. The zero-order valence-corrected chi connectivity index (χ0v) is 14.0. The van der Waals surface area contributed by atoms with Crippen LogP contribution in [-0.2, 0) is 10.1 Å². The summed E-state index contributed by atoms with van der Waals surface area (Å²) in [6, 6.07) is 8.49. The van der Waals surface area contributed by atoms with Gasteiger partial charge in [0.2, 0.25) is 0 Å². The van der Waals surface area contributed by atoms with Gasteiger partial charge in [-0.15, -0.1) is 0 Å². The van der Waals surface area contributed by atoms with Crippen LogP contribution in [0, 0.1) is 13.8 Å². The molecule has 0 aliphatic carbocycles. The van der Waals surface area contributed by atoms with Gasteiger partial charge >= 0.3 is 51.4 Å². The van der Waals surface area contributed by atoms with Gasteiger partial charge in [-0.2, -0.15) is 0 Å². The Balaban J connectivity index is 0.00000144. The van der Waals surface area contributed by atoms with Crippen LogP contribution in [0.15, 0.2) is 35.2 Å². The van der Waals surface area contributed by atoms with Crippen molar-refractivity contribution in [3.05, 3.63) is 41.5 Å². The first kappa shape index (κ1) is 15.3. The van der Waals surface area contributed by atoms with Crippen molar-refractivity contribution in [2.45, 2.75) is 18.7 Å². The van der Waals surface area contributed by atoms with Gasteiger partial charge in [-0.1, -0.05) is 24.3 Å². The Kier molecular flexibility index (Phi) is 4.94. The molecule has 0 amide bonds. The summed E-state index contributed by atoms with van der Waals surface area (Å²) in [6.07, 6.45) is 0. The molecule has 3 nitrogen and oxygen atoms in total. The van der Waals surface area contributed by atoms with Crippen molar-refractivity contribution >= 4 is 20.9 Å². The van der Waals surface area contributed by atoms with Crippen molar-refractivity contribution in [1.82, 2.24) is 0 Å². The smallest absolute Gasteiger partial charge is 0.744 e. The zero-order chi connectivity index (χ0) is 11.9. The molecule has 0 radical (unpaired) electrons. The van der Waals surface area contributed by atoms with Crippen LogP contribution in [0.2, 0.25) is 0 Å². The summed E-state index contributed by atoms with van der Waals surface area (Å²) in [5, 5.41) is 1.32. The first-order chi connectivity index (χ1) is 7.41. The van der Waals surface area contributed by atoms with Crippen molar-refractivity contribution in [2.75, 3.05) is 0 Å². The summed E-state index contributed by atoms with van der Waals surface area (Å²) in [5.74, 6) is 0. The maximum absolute atomic E-state index is 11.2. The quantitative estimate of drug-likeness (QED) is 0.514. The standard InChI is InChI=1S/C12H12O3S.K/c1-8-6-7-10-4-3-5-11(16(13,14)15)12(10)9(8)2;/h3-7H,1-2H3,(H,13,14,15);/q;+1/p-1. The molecule has 2 rings (SSSR count). The van der Waals surface area contributed by atoms with E-state index in [9.17, 15) is 13.0 Å². The molecule has 5 heteroatoms. The fourth-order valence-corrected chi connectivity index (χ4v) is 2.60. The third kappa shape index (κ3) is 2.98. The molecule has 84 valence electrons. The molecule has 0 aliphatic heterocycles. The third-order valence-electron chi connectivity index (χ3n) is 2.81. The Bertz CT molecular complexity index is 663. The fourth-order valence-electron chi connectivity index (χ4n) is 1.83. The average molecular weight is 274 g/mol. The van der Waals surface area contributed by atoms with Crippen LogP contribution in [0.5, 0.6) is 0 Å². The molecular formula is C12H11KO3S. The van der Waals surface area contributed by atoms with E-state index < -0.39 is 10.1 Å². The summed E-state index contributed by atoms with van der Waals surface area (Å²) >= 11 is 0. The molecule has 0 spiro atoms. The van der Waals surface area contributed by atoms with E-state index in [4.69, 9.17) is 0 Å². The minimum absolute atomic E-state index is 0. The number of rotatable bonds is 1. The summed E-state index contributed by atoms with van der Waals surface area (Å²) < 4.78 is 33.5. The summed E-state index contributed by atoms with van der Waals surface area (Å²) in [7, 11) is -4.42. The molecule has 0 saturated carbocycles. The fraction of sp³-hybridized carbons (Fsp3) is 0.167. The van der Waals surface area contributed by atoms with E-state index in [-0.39, 0.29) is 56.3 Å². The molecule has 0 fully saturated rings. The number of fused-ring (bicyclic) bond motifs is 1. The molecule has 17 heavy (non-hydrogen) atoms. The molecule has 0 N–H and O–H groups in total. The number of hydrogen-bond donors (Lipinski definition) is 0. The first-order valence-electron chi connectivity index (χ1n) is 4.86. The molecule has 2 aromatic carbocycles. The van der Waals surface area contributed by atoms with E-state index in [1.54, 1.807) is 12.1 Å². The number of benzene rings is 2. The van der Waals surface area contributed by atoms with Gasteiger partial charge in [-0.25, -0.2) is 8.42 Å². The summed E-state index contributed by atoms with van der Waals surface area (Å²) in [6.45, 7) is 3.72. The molecule has 0 heterocycles. The second-order valence-electron chi connectivity index (χ2n) is 3.82. The second-order valence-corrected chi connectivity index (χ2v) is 5.16. The predicted octanol–water partition coefficient (Wildman–Crippen LogP) is -0.635. The van der Waals surface area contributed by atoms with E-state index in [1.807, 2.05) is 26.0 Å². The van der Waals surface area contributed by atoms with E-state index in [0.717, 1.165) is 16.5 Å². The number of hydrogen-bond acceptors (Lipinski definition) is 3. The Morgan fingerprint density at radius 3 is 2.29 bits per heavy atom. The minimum atomic E-state index is -4.42. The van der Waals surface area contributed by atoms with Crippen molar-refractivity contribution in [1.29, 1.82) is 0 Å². The van der Waals surface area contributed by atoms with Crippen LogP contribution in [0.25, 0.3) is 10.8 Å². The first-order valence-corrected chi connectivity index (χ1v) is 6.27. The number of aryl methyl sites for hydroxylation is 2. The van der Waals surface area contributed by atoms with Gasteiger partial charge in [0, 0.05) is 5.39 Å². The van der Waals surface area contributed by atoms with Gasteiger partial charge in [0.15, 0.2) is 0 Å². The van der Waals surface area contributed by atoms with Gasteiger partial charge in [-0.3, -0.25) is 0 Å². The molecule has 0 saturated heterocycles. The van der Waals surface area contributed by atoms with Gasteiger partial charge in [0.1, 0.15) is 10.1 Å². The maximum Gasteiger partial charge on any atom is 1.00 e. The molecule has 2 aromatic rings. The Morgan fingerprint density at radius 2 is 1.71 bits per heavy atom. The van der Waals surface area contributed by atoms with Gasteiger partial charge in [0.25, 0.3) is 0 Å². The largest absolute Gasteiger partial charge is 1.00 e. The SMILES string of the molecule is Cc1ccc2cccc(S(=O)(=O)[O-])c2c1C.[K+]. The van der Waals surface area contributed by atoms with Crippen molar-refractivity contribution in [3.8, 4) is 0 Å². The van der Waals surface area contributed by atoms with Crippen LogP contribution in [0.3, 0.4) is 0 Å². The maximum atomic E-state index is 11.2. The van der Waals surface area contributed by atoms with Crippen LogP contribution in [0.4, 0.5) is 0 Å². The van der Waals surface area contributed by atoms with Crippen molar-refractivity contribution < 1.29 is 64.4 Å². The summed E-state index contributed by atoms with van der Waals surface area (Å²) in [4.78, 5) is -0.133. The van der Waals surface area contributed by atoms with Gasteiger partial charge < -0.3 is 4.55 Å². The van der Waals surface area contributed by atoms with E-state index >= 15 is 0 Å². The van der Waals surface area contributed by atoms with E-state index in [0.29, 0.717) is 5.39 Å². The van der Waals surface area contributed by atoms with E-state index in [2.05, 4.69) is 0 Å². The minimum Gasteiger partial charge on any atom is -0.744 e. The predicted molar refractivity (Wildman–Crippen MR) is 61.4 cm³/mol. The molecule has 0 aromatic heterocycles. The monoisotopic (exact) mass is 274 g/mol. The van der Waals surface area contributed by atoms with Gasteiger partial charge in [-0.05, 0) is 36.4 Å².